The second-order valence-electron chi connectivity index (χ2n) is 8.23. The summed E-state index contributed by atoms with van der Waals surface area (Å²) in [7, 11) is 0. The number of hydrogen-bond acceptors (Lipinski definition) is 6. The molecule has 3 aromatic rings. The minimum Gasteiger partial charge on any atom is -0.364 e. The molecule has 33 heavy (non-hydrogen) atoms. The van der Waals surface area contributed by atoms with Gasteiger partial charge >= 0.3 is 6.18 Å². The highest BCUT2D eigenvalue weighted by Crippen LogP contribution is 2.34. The third-order valence-corrected chi connectivity index (χ3v) is 6.21. The summed E-state index contributed by atoms with van der Waals surface area (Å²) in [6.07, 6.45) is -2.87. The monoisotopic (exact) mass is 462 g/mol. The van der Waals surface area contributed by atoms with Crippen molar-refractivity contribution < 1.29 is 17.6 Å². The molecule has 176 valence electrons. The number of hydrogen-bond donors (Lipinski definition) is 1. The predicted molar refractivity (Wildman–Crippen MR) is 120 cm³/mol. The van der Waals surface area contributed by atoms with Crippen LogP contribution in [0.1, 0.15) is 29.3 Å². The molecule has 0 aliphatic carbocycles. The van der Waals surface area contributed by atoms with Crippen molar-refractivity contribution in [1.29, 1.82) is 0 Å². The molecule has 1 aromatic carbocycles. The van der Waals surface area contributed by atoms with Crippen LogP contribution in [-0.4, -0.2) is 52.8 Å². The van der Waals surface area contributed by atoms with Gasteiger partial charge in [0.2, 0.25) is 0 Å². The molecule has 0 atom stereocenters. The highest BCUT2D eigenvalue weighted by molar-refractivity contribution is 5.94. The molecule has 1 aliphatic rings. The Bertz CT molecular complexity index is 1160. The average Bonchev–Trinajstić information content (AvgIpc) is 2.79. The third kappa shape index (κ3) is 4.85. The molecule has 0 radical (unpaired) electrons. The molecule has 0 bridgehead atoms. The fourth-order valence-corrected chi connectivity index (χ4v) is 4.15. The molecule has 0 amide bonds. The van der Waals surface area contributed by atoms with Crippen LogP contribution < -0.4 is 10.2 Å². The van der Waals surface area contributed by atoms with Crippen LogP contribution in [0.2, 0.25) is 0 Å². The summed E-state index contributed by atoms with van der Waals surface area (Å²) in [6, 6.07) is 3.57. The maximum absolute atomic E-state index is 13.9. The van der Waals surface area contributed by atoms with Gasteiger partial charge < -0.3 is 15.1 Å². The number of aromatic nitrogens is 3. The van der Waals surface area contributed by atoms with E-state index in [9.17, 15) is 17.6 Å². The first-order valence-electron chi connectivity index (χ1n) is 10.9. The summed E-state index contributed by atoms with van der Waals surface area (Å²) in [5.41, 5.74) is -0.0803. The van der Waals surface area contributed by atoms with E-state index in [-0.39, 0.29) is 17.7 Å². The standard InChI is InChI=1S/C23H26F4N6/c1-4-32-5-7-33(8-6-32)21-11-18-19(13-28-21)15(3)30-31-22(18)29-12-16-9-17(24)10-20(14(16)2)23(25,26)27/h9-11,13H,4-8,12H2,1-3H3,(H,29,31). The van der Waals surface area contributed by atoms with E-state index < -0.39 is 17.6 Å². The van der Waals surface area contributed by atoms with Crippen LogP contribution in [0.5, 0.6) is 0 Å². The average molecular weight is 462 g/mol. The first kappa shape index (κ1) is 23.2. The van der Waals surface area contributed by atoms with Gasteiger partial charge in [-0.15, -0.1) is 5.10 Å². The molecule has 1 fully saturated rings. The second-order valence-corrected chi connectivity index (χ2v) is 8.23. The van der Waals surface area contributed by atoms with Gasteiger partial charge in [0.05, 0.1) is 11.3 Å². The zero-order valence-corrected chi connectivity index (χ0v) is 18.8. The van der Waals surface area contributed by atoms with Crippen molar-refractivity contribution in [2.75, 3.05) is 42.9 Å². The van der Waals surface area contributed by atoms with Crippen molar-refractivity contribution >= 4 is 22.4 Å². The molecule has 3 heterocycles. The SMILES string of the molecule is CCN1CCN(c2cc3c(NCc4cc(F)cc(C(F)(F)F)c4C)nnc(C)c3cn2)CC1. The Kier molecular flexibility index (Phi) is 6.38. The minimum atomic E-state index is -4.63. The van der Waals surface area contributed by atoms with Crippen LogP contribution in [0.25, 0.3) is 10.8 Å². The Morgan fingerprint density at radius 3 is 2.39 bits per heavy atom. The Morgan fingerprint density at radius 1 is 1.00 bits per heavy atom. The first-order valence-corrected chi connectivity index (χ1v) is 10.9. The predicted octanol–water partition coefficient (Wildman–Crippen LogP) is 4.55. The van der Waals surface area contributed by atoms with Gasteiger partial charge in [-0.25, -0.2) is 9.37 Å². The molecule has 0 unspecified atom stereocenters. The highest BCUT2D eigenvalue weighted by Gasteiger charge is 2.33. The van der Waals surface area contributed by atoms with Crippen molar-refractivity contribution in [3.63, 3.8) is 0 Å². The van der Waals surface area contributed by atoms with E-state index in [0.29, 0.717) is 17.6 Å². The normalized spacial score (nSPS) is 15.3. The lowest BCUT2D eigenvalue weighted by atomic mass is 10.0. The zero-order chi connectivity index (χ0) is 23.8. The summed E-state index contributed by atoms with van der Waals surface area (Å²) in [6.45, 7) is 9.92. The van der Waals surface area contributed by atoms with Crippen molar-refractivity contribution in [3.05, 3.63) is 52.6 Å². The maximum atomic E-state index is 13.9. The summed E-state index contributed by atoms with van der Waals surface area (Å²) in [5.74, 6) is 0.306. The number of alkyl halides is 3. The van der Waals surface area contributed by atoms with Gasteiger partial charge in [-0.05, 0) is 49.7 Å². The van der Waals surface area contributed by atoms with E-state index in [0.717, 1.165) is 55.4 Å². The minimum absolute atomic E-state index is 0.0167. The smallest absolute Gasteiger partial charge is 0.364 e. The van der Waals surface area contributed by atoms with E-state index in [4.69, 9.17) is 0 Å². The summed E-state index contributed by atoms with van der Waals surface area (Å²) >= 11 is 0. The highest BCUT2D eigenvalue weighted by atomic mass is 19.4. The van der Waals surface area contributed by atoms with Gasteiger partial charge in [-0.1, -0.05) is 6.92 Å². The quantitative estimate of drug-likeness (QED) is 0.562. The Morgan fingerprint density at radius 2 is 1.73 bits per heavy atom. The van der Waals surface area contributed by atoms with Crippen LogP contribution in [0.4, 0.5) is 29.2 Å². The van der Waals surface area contributed by atoms with Crippen molar-refractivity contribution in [3.8, 4) is 0 Å². The number of anilines is 2. The van der Waals surface area contributed by atoms with Gasteiger partial charge in [0.1, 0.15) is 11.6 Å². The Hall–Kier alpha value is -3.01. The second kappa shape index (κ2) is 9.09. The summed E-state index contributed by atoms with van der Waals surface area (Å²) in [5, 5.41) is 13.0. The van der Waals surface area contributed by atoms with E-state index in [1.165, 1.54) is 6.92 Å². The number of nitrogens with one attached hydrogen (secondary N) is 1. The lowest BCUT2D eigenvalue weighted by Crippen LogP contribution is -2.46. The number of pyridine rings is 1. The van der Waals surface area contributed by atoms with Gasteiger partial charge in [-0.3, -0.25) is 0 Å². The third-order valence-electron chi connectivity index (χ3n) is 6.21. The van der Waals surface area contributed by atoms with Crippen molar-refractivity contribution in [2.45, 2.75) is 33.5 Å². The van der Waals surface area contributed by atoms with Gasteiger partial charge in [0.15, 0.2) is 5.82 Å². The molecule has 0 saturated carbocycles. The summed E-state index contributed by atoms with van der Waals surface area (Å²) < 4.78 is 53.7. The molecule has 1 N–H and O–H groups in total. The number of halogens is 4. The number of likely N-dealkylation sites (N-methyl/N-ethyl adjacent to an activating group) is 1. The van der Waals surface area contributed by atoms with Crippen LogP contribution >= 0.6 is 0 Å². The molecule has 4 rings (SSSR count). The molecule has 2 aromatic heterocycles. The summed E-state index contributed by atoms with van der Waals surface area (Å²) in [4.78, 5) is 9.18. The van der Waals surface area contributed by atoms with E-state index in [2.05, 4.69) is 37.2 Å². The maximum Gasteiger partial charge on any atom is 0.416 e. The van der Waals surface area contributed by atoms with Crippen LogP contribution in [0.3, 0.4) is 0 Å². The number of aryl methyl sites for hydroxylation is 1. The molecule has 10 heteroatoms. The molecule has 1 saturated heterocycles. The Balaban J connectivity index is 1.63. The molecule has 1 aliphatic heterocycles. The van der Waals surface area contributed by atoms with Crippen molar-refractivity contribution in [1.82, 2.24) is 20.1 Å². The van der Waals surface area contributed by atoms with E-state index in [1.54, 1.807) is 6.20 Å². The fraction of sp³-hybridized carbons (Fsp3) is 0.435. The lowest BCUT2D eigenvalue weighted by Gasteiger charge is -2.34. The van der Waals surface area contributed by atoms with Crippen molar-refractivity contribution in [2.24, 2.45) is 0 Å². The number of piperazine rings is 1. The Labute approximate surface area is 189 Å². The van der Waals surface area contributed by atoms with Crippen LogP contribution in [0.15, 0.2) is 24.4 Å². The fourth-order valence-electron chi connectivity index (χ4n) is 4.15. The van der Waals surface area contributed by atoms with Crippen LogP contribution in [-0.2, 0) is 12.7 Å². The number of fused-ring (bicyclic) bond motifs is 1. The lowest BCUT2D eigenvalue weighted by molar-refractivity contribution is -0.138. The number of nitrogens with zero attached hydrogens (tertiary/aromatic N) is 5. The number of rotatable bonds is 5. The van der Waals surface area contributed by atoms with E-state index >= 15 is 0 Å². The topological polar surface area (TPSA) is 57.2 Å². The largest absolute Gasteiger partial charge is 0.416 e. The van der Waals surface area contributed by atoms with Gasteiger partial charge in [-0.2, -0.15) is 18.3 Å². The van der Waals surface area contributed by atoms with Gasteiger partial charge in [0, 0.05) is 49.7 Å². The van der Waals surface area contributed by atoms with Crippen LogP contribution in [0, 0.1) is 19.7 Å². The van der Waals surface area contributed by atoms with E-state index in [1.807, 2.05) is 13.0 Å². The number of benzene rings is 1. The van der Waals surface area contributed by atoms with Gasteiger partial charge in [0.25, 0.3) is 0 Å². The first-order chi connectivity index (χ1) is 15.7. The molecule has 0 spiro atoms. The molecular weight excluding hydrogens is 436 g/mol. The zero-order valence-electron chi connectivity index (χ0n) is 18.8. The molecular formula is C23H26F4N6. The molecule has 6 nitrogen and oxygen atoms in total.